The standard InChI is InChI=1S/C23H27N3OS/c1-23(2,3)15-26-10-8-16(9-11-26)19-14-24-20-7-6-17(13-18(19)20)25-22(27)21-5-4-12-28-21/h4-8,12-14,24H,9-11,15H2,1-3H3,(H,25,27). The van der Waals surface area contributed by atoms with Gasteiger partial charge in [-0.1, -0.05) is 32.9 Å². The molecule has 1 amide bonds. The zero-order chi connectivity index (χ0) is 19.7. The lowest BCUT2D eigenvalue weighted by Crippen LogP contribution is -2.35. The van der Waals surface area contributed by atoms with Crippen LogP contribution in [0.5, 0.6) is 0 Å². The van der Waals surface area contributed by atoms with E-state index in [1.165, 1.54) is 27.9 Å². The number of nitrogens with zero attached hydrogens (tertiary/aromatic N) is 1. The van der Waals surface area contributed by atoms with E-state index in [1.54, 1.807) is 0 Å². The summed E-state index contributed by atoms with van der Waals surface area (Å²) < 4.78 is 0. The van der Waals surface area contributed by atoms with Crippen molar-refractivity contribution in [2.24, 2.45) is 5.41 Å². The van der Waals surface area contributed by atoms with Crippen molar-refractivity contribution >= 4 is 39.4 Å². The first kappa shape index (κ1) is 19.0. The Morgan fingerprint density at radius 3 is 2.82 bits per heavy atom. The maximum Gasteiger partial charge on any atom is 0.265 e. The molecule has 3 aromatic rings. The normalized spacial score (nSPS) is 15.6. The monoisotopic (exact) mass is 393 g/mol. The summed E-state index contributed by atoms with van der Waals surface area (Å²) in [7, 11) is 0. The molecule has 0 saturated heterocycles. The number of hydrogen-bond acceptors (Lipinski definition) is 3. The van der Waals surface area contributed by atoms with Crippen molar-refractivity contribution in [1.29, 1.82) is 0 Å². The van der Waals surface area contributed by atoms with E-state index >= 15 is 0 Å². The second kappa shape index (κ2) is 7.57. The first-order chi connectivity index (χ1) is 13.4. The van der Waals surface area contributed by atoms with Crippen LogP contribution in [0.15, 0.2) is 48.0 Å². The number of amides is 1. The van der Waals surface area contributed by atoms with Crippen molar-refractivity contribution in [2.75, 3.05) is 25.0 Å². The third-order valence-electron chi connectivity index (χ3n) is 5.02. The number of nitrogens with one attached hydrogen (secondary N) is 2. The predicted molar refractivity (Wildman–Crippen MR) is 119 cm³/mol. The fourth-order valence-corrected chi connectivity index (χ4v) is 4.45. The molecule has 0 aliphatic carbocycles. The first-order valence-corrected chi connectivity index (χ1v) is 10.6. The highest BCUT2D eigenvalue weighted by atomic mass is 32.1. The zero-order valence-electron chi connectivity index (χ0n) is 16.7. The van der Waals surface area contributed by atoms with Gasteiger partial charge in [-0.2, -0.15) is 0 Å². The van der Waals surface area contributed by atoms with Crippen LogP contribution in [0.4, 0.5) is 5.69 Å². The Morgan fingerprint density at radius 1 is 1.29 bits per heavy atom. The van der Waals surface area contributed by atoms with Crippen LogP contribution >= 0.6 is 11.3 Å². The highest BCUT2D eigenvalue weighted by Gasteiger charge is 2.20. The summed E-state index contributed by atoms with van der Waals surface area (Å²) in [6.45, 7) is 10.1. The van der Waals surface area contributed by atoms with Gasteiger partial charge in [-0.25, -0.2) is 0 Å². The number of anilines is 1. The number of thiophene rings is 1. The lowest BCUT2D eigenvalue weighted by molar-refractivity contribution is 0.103. The van der Waals surface area contributed by atoms with Gasteiger partial charge < -0.3 is 10.3 Å². The molecule has 0 saturated carbocycles. The Morgan fingerprint density at radius 2 is 2.14 bits per heavy atom. The minimum Gasteiger partial charge on any atom is -0.361 e. The molecule has 0 atom stereocenters. The molecule has 0 radical (unpaired) electrons. The van der Waals surface area contributed by atoms with Crippen LogP contribution in [-0.4, -0.2) is 35.4 Å². The number of carbonyl (C=O) groups is 1. The summed E-state index contributed by atoms with van der Waals surface area (Å²) >= 11 is 1.45. The molecule has 0 fully saturated rings. The van der Waals surface area contributed by atoms with E-state index < -0.39 is 0 Å². The molecule has 2 aromatic heterocycles. The van der Waals surface area contributed by atoms with Gasteiger partial charge in [0.25, 0.3) is 5.91 Å². The Labute approximate surface area is 170 Å². The molecule has 146 valence electrons. The highest BCUT2D eigenvalue weighted by Crippen LogP contribution is 2.31. The van der Waals surface area contributed by atoms with E-state index in [0.29, 0.717) is 5.41 Å². The van der Waals surface area contributed by atoms with Crippen molar-refractivity contribution in [3.05, 3.63) is 58.4 Å². The molecule has 3 heterocycles. The van der Waals surface area contributed by atoms with E-state index in [4.69, 9.17) is 0 Å². The van der Waals surface area contributed by atoms with Gasteiger partial charge in [-0.05, 0) is 47.1 Å². The van der Waals surface area contributed by atoms with Crippen molar-refractivity contribution in [1.82, 2.24) is 9.88 Å². The zero-order valence-corrected chi connectivity index (χ0v) is 17.5. The number of hydrogen-bond donors (Lipinski definition) is 2. The smallest absolute Gasteiger partial charge is 0.265 e. The Bertz CT molecular complexity index is 1010. The van der Waals surface area contributed by atoms with E-state index in [1.807, 2.05) is 29.6 Å². The number of aromatic amines is 1. The molecule has 1 aromatic carbocycles. The summed E-state index contributed by atoms with van der Waals surface area (Å²) in [6.07, 6.45) is 5.50. The van der Waals surface area contributed by atoms with E-state index in [-0.39, 0.29) is 5.91 Å². The molecule has 0 bridgehead atoms. The molecule has 4 rings (SSSR count). The number of carbonyl (C=O) groups excluding carboxylic acids is 1. The van der Waals surface area contributed by atoms with Crippen molar-refractivity contribution in [3.8, 4) is 0 Å². The maximum atomic E-state index is 12.4. The van der Waals surface area contributed by atoms with Gasteiger partial charge in [0.2, 0.25) is 0 Å². The Balaban J connectivity index is 1.54. The van der Waals surface area contributed by atoms with Gasteiger partial charge in [0, 0.05) is 48.0 Å². The van der Waals surface area contributed by atoms with E-state index in [2.05, 4.69) is 54.3 Å². The molecular formula is C23H27N3OS. The lowest BCUT2D eigenvalue weighted by atomic mass is 9.93. The fourth-order valence-electron chi connectivity index (χ4n) is 3.83. The van der Waals surface area contributed by atoms with E-state index in [9.17, 15) is 4.79 Å². The van der Waals surface area contributed by atoms with Crippen molar-refractivity contribution in [2.45, 2.75) is 27.2 Å². The summed E-state index contributed by atoms with van der Waals surface area (Å²) in [5.41, 5.74) is 4.89. The SMILES string of the molecule is CC(C)(C)CN1CC=C(c2c[nH]c3ccc(NC(=O)c4cccs4)cc23)CC1. The molecule has 28 heavy (non-hydrogen) atoms. The van der Waals surface area contributed by atoms with E-state index in [0.717, 1.165) is 42.1 Å². The third kappa shape index (κ3) is 4.21. The van der Waals surface area contributed by atoms with Crippen LogP contribution in [-0.2, 0) is 0 Å². The van der Waals surface area contributed by atoms with Crippen molar-refractivity contribution in [3.63, 3.8) is 0 Å². The summed E-state index contributed by atoms with van der Waals surface area (Å²) in [6, 6.07) is 9.81. The Hall–Kier alpha value is -2.37. The van der Waals surface area contributed by atoms with Crippen LogP contribution in [0.2, 0.25) is 0 Å². The Kier molecular flexibility index (Phi) is 5.13. The fraction of sp³-hybridized carbons (Fsp3) is 0.348. The molecule has 4 nitrogen and oxygen atoms in total. The highest BCUT2D eigenvalue weighted by molar-refractivity contribution is 7.12. The number of benzene rings is 1. The minimum absolute atomic E-state index is 0.0545. The first-order valence-electron chi connectivity index (χ1n) is 9.77. The van der Waals surface area contributed by atoms with Crippen LogP contribution in [0.25, 0.3) is 16.5 Å². The van der Waals surface area contributed by atoms with Gasteiger partial charge in [0.15, 0.2) is 0 Å². The predicted octanol–water partition coefficient (Wildman–Crippen LogP) is 5.62. The lowest BCUT2D eigenvalue weighted by Gasteiger charge is -2.32. The second-order valence-corrected chi connectivity index (χ2v) is 9.62. The van der Waals surface area contributed by atoms with Crippen LogP contribution in [0, 0.1) is 5.41 Å². The molecule has 1 aliphatic heterocycles. The van der Waals surface area contributed by atoms with Crippen molar-refractivity contribution < 1.29 is 4.79 Å². The summed E-state index contributed by atoms with van der Waals surface area (Å²) in [5, 5.41) is 6.10. The quantitative estimate of drug-likeness (QED) is 0.605. The van der Waals surface area contributed by atoms with Gasteiger partial charge in [0.1, 0.15) is 0 Å². The van der Waals surface area contributed by atoms with Crippen LogP contribution in [0.3, 0.4) is 0 Å². The summed E-state index contributed by atoms with van der Waals surface area (Å²) in [5.74, 6) is -0.0545. The topological polar surface area (TPSA) is 48.1 Å². The third-order valence-corrected chi connectivity index (χ3v) is 5.89. The molecule has 0 unspecified atom stereocenters. The maximum absolute atomic E-state index is 12.4. The van der Waals surface area contributed by atoms with Gasteiger partial charge >= 0.3 is 0 Å². The second-order valence-electron chi connectivity index (χ2n) is 8.67. The molecular weight excluding hydrogens is 366 g/mol. The molecule has 5 heteroatoms. The van der Waals surface area contributed by atoms with Crippen LogP contribution in [0.1, 0.15) is 42.4 Å². The minimum atomic E-state index is -0.0545. The number of rotatable bonds is 4. The van der Waals surface area contributed by atoms with Gasteiger partial charge in [-0.15, -0.1) is 11.3 Å². The molecule has 0 spiro atoms. The van der Waals surface area contributed by atoms with Crippen LogP contribution < -0.4 is 5.32 Å². The molecule has 2 N–H and O–H groups in total. The van der Waals surface area contributed by atoms with Gasteiger partial charge in [-0.3, -0.25) is 9.69 Å². The largest absolute Gasteiger partial charge is 0.361 e. The average Bonchev–Trinajstić information content (AvgIpc) is 3.31. The molecule has 1 aliphatic rings. The summed E-state index contributed by atoms with van der Waals surface area (Å²) in [4.78, 5) is 19.0. The number of H-pyrrole nitrogens is 1. The number of fused-ring (bicyclic) bond motifs is 1. The number of aromatic nitrogens is 1. The van der Waals surface area contributed by atoms with Gasteiger partial charge in [0.05, 0.1) is 4.88 Å². The average molecular weight is 394 g/mol.